The van der Waals surface area contributed by atoms with Crippen molar-refractivity contribution in [3.8, 4) is 5.75 Å². The molecule has 2 fully saturated rings. The SMILES string of the molecule is CCOc1ccc(N2CC=C[C@@]3(CC)O[C@]45C=CCN(c6ccc(N(CC)CC)cc6)C(=O)C4N(CCCCCO)C(=O)[C@@H]5[C@H]3C2=O)cc1. The van der Waals surface area contributed by atoms with Gasteiger partial charge in [-0.2, -0.15) is 0 Å². The fraction of sp³-hybridized carbons (Fsp3) is 0.513. The van der Waals surface area contributed by atoms with Crippen LogP contribution in [0, 0.1) is 11.8 Å². The van der Waals surface area contributed by atoms with Gasteiger partial charge >= 0.3 is 0 Å². The molecular weight excluding hydrogens is 620 g/mol. The lowest BCUT2D eigenvalue weighted by atomic mass is 9.73. The van der Waals surface area contributed by atoms with Crippen LogP contribution >= 0.6 is 0 Å². The van der Waals surface area contributed by atoms with Gasteiger partial charge in [-0.3, -0.25) is 14.4 Å². The highest BCUT2D eigenvalue weighted by Gasteiger charge is 2.75. The number of aliphatic hydroxyl groups is 1. The second kappa shape index (κ2) is 14.4. The minimum absolute atomic E-state index is 0.0648. The van der Waals surface area contributed by atoms with Gasteiger partial charge in [-0.15, -0.1) is 0 Å². The van der Waals surface area contributed by atoms with Crippen LogP contribution in [0.1, 0.15) is 53.4 Å². The first-order valence-electron chi connectivity index (χ1n) is 18.0. The van der Waals surface area contributed by atoms with E-state index in [1.807, 2.05) is 86.7 Å². The third-order valence-electron chi connectivity index (χ3n) is 10.7. The number of unbranched alkanes of at least 4 members (excludes halogenated alkanes) is 2. The summed E-state index contributed by atoms with van der Waals surface area (Å²) in [6, 6.07) is 14.5. The minimum Gasteiger partial charge on any atom is -0.494 e. The lowest BCUT2D eigenvalue weighted by molar-refractivity contribution is -0.145. The first kappa shape index (κ1) is 34.7. The highest BCUT2D eigenvalue weighted by molar-refractivity contribution is 6.07. The van der Waals surface area contributed by atoms with Crippen molar-refractivity contribution >= 4 is 34.8 Å². The van der Waals surface area contributed by atoms with E-state index in [1.54, 1.807) is 14.7 Å². The van der Waals surface area contributed by atoms with E-state index in [1.165, 1.54) is 0 Å². The fourth-order valence-corrected chi connectivity index (χ4v) is 8.36. The quantitative estimate of drug-likeness (QED) is 0.238. The molecule has 1 unspecified atom stereocenters. The molecule has 0 bridgehead atoms. The van der Waals surface area contributed by atoms with E-state index in [4.69, 9.17) is 9.47 Å². The van der Waals surface area contributed by atoms with Crippen LogP contribution in [-0.4, -0.2) is 90.9 Å². The first-order chi connectivity index (χ1) is 23.8. The molecule has 1 spiro atoms. The second-order valence-corrected chi connectivity index (χ2v) is 13.3. The molecule has 49 heavy (non-hydrogen) atoms. The Balaban J connectivity index is 1.40. The topological polar surface area (TPSA) is 103 Å². The lowest BCUT2D eigenvalue weighted by Crippen LogP contribution is -2.56. The molecule has 5 atom stereocenters. The number of aliphatic hydroxyl groups excluding tert-OH is 1. The summed E-state index contributed by atoms with van der Waals surface area (Å²) in [6.07, 6.45) is 10.2. The fourth-order valence-electron chi connectivity index (χ4n) is 8.36. The van der Waals surface area contributed by atoms with Gasteiger partial charge in [0.15, 0.2) is 0 Å². The first-order valence-corrected chi connectivity index (χ1v) is 18.0. The van der Waals surface area contributed by atoms with Crippen LogP contribution in [-0.2, 0) is 19.1 Å². The highest BCUT2D eigenvalue weighted by atomic mass is 16.5. The molecule has 2 saturated heterocycles. The molecule has 4 aliphatic rings. The molecule has 1 N–H and O–H groups in total. The summed E-state index contributed by atoms with van der Waals surface area (Å²) in [5, 5.41) is 9.43. The number of hydrogen-bond acceptors (Lipinski definition) is 7. The van der Waals surface area contributed by atoms with E-state index < -0.39 is 29.1 Å². The van der Waals surface area contributed by atoms with Gasteiger partial charge in [0.2, 0.25) is 11.8 Å². The molecule has 4 heterocycles. The largest absolute Gasteiger partial charge is 0.494 e. The number of rotatable bonds is 13. The van der Waals surface area contributed by atoms with Gasteiger partial charge < -0.3 is 34.2 Å². The van der Waals surface area contributed by atoms with Crippen LogP contribution in [0.25, 0.3) is 0 Å². The zero-order valence-electron chi connectivity index (χ0n) is 29.2. The predicted molar refractivity (Wildman–Crippen MR) is 191 cm³/mol. The number of carbonyl (C=O) groups is 3. The van der Waals surface area contributed by atoms with Crippen molar-refractivity contribution in [1.82, 2.24) is 4.90 Å². The zero-order valence-corrected chi connectivity index (χ0v) is 29.2. The standard InChI is InChI=1S/C39H50N4O6/c1-5-38-22-12-25-41(30-18-20-31(21-19-30)48-8-4)35(45)32(38)33-36(46)43(24-10-9-11-27-44)34-37(47)42(26-13-23-39(33,34)49-38)29-16-14-28(15-17-29)40(6-2)7-3/h12-23,32-34,44H,5-11,24-27H2,1-4H3/t32-,33-,34?,38+,39-/m0/s1. The Morgan fingerprint density at radius 1 is 0.796 bits per heavy atom. The van der Waals surface area contributed by atoms with E-state index in [0.29, 0.717) is 57.6 Å². The van der Waals surface area contributed by atoms with Crippen molar-refractivity contribution in [2.45, 2.75) is 70.6 Å². The van der Waals surface area contributed by atoms with Gasteiger partial charge in [0.05, 0.1) is 24.0 Å². The average Bonchev–Trinajstić information content (AvgIpc) is 3.40. The number of likely N-dealkylation sites (tertiary alicyclic amines) is 1. The second-order valence-electron chi connectivity index (χ2n) is 13.3. The van der Waals surface area contributed by atoms with Gasteiger partial charge in [-0.05, 0) is 95.0 Å². The predicted octanol–water partition coefficient (Wildman–Crippen LogP) is 4.96. The Morgan fingerprint density at radius 3 is 2.04 bits per heavy atom. The van der Waals surface area contributed by atoms with E-state index in [2.05, 4.69) is 18.7 Å². The van der Waals surface area contributed by atoms with Crippen molar-refractivity contribution in [2.24, 2.45) is 11.8 Å². The van der Waals surface area contributed by atoms with Crippen molar-refractivity contribution in [2.75, 3.05) is 60.6 Å². The molecule has 3 amide bonds. The van der Waals surface area contributed by atoms with E-state index >= 15 is 0 Å². The molecule has 0 aromatic heterocycles. The number of hydrogen-bond donors (Lipinski definition) is 1. The molecule has 10 nitrogen and oxygen atoms in total. The van der Waals surface area contributed by atoms with Crippen LogP contribution in [0.3, 0.4) is 0 Å². The Labute approximate surface area is 289 Å². The molecule has 0 aliphatic carbocycles. The molecule has 0 radical (unpaired) electrons. The Morgan fingerprint density at radius 2 is 1.43 bits per heavy atom. The average molecular weight is 671 g/mol. The van der Waals surface area contributed by atoms with Gasteiger partial charge in [0, 0.05) is 56.4 Å². The molecule has 6 rings (SSSR count). The number of nitrogens with zero attached hydrogens (tertiary/aromatic N) is 4. The normalized spacial score (nSPS) is 27.6. The maximum absolute atomic E-state index is 14.9. The number of fused-ring (bicyclic) bond motifs is 2. The van der Waals surface area contributed by atoms with Crippen LogP contribution in [0.4, 0.5) is 17.1 Å². The number of carbonyl (C=O) groups excluding carboxylic acids is 3. The van der Waals surface area contributed by atoms with Crippen molar-refractivity contribution in [3.05, 3.63) is 72.8 Å². The van der Waals surface area contributed by atoms with E-state index in [9.17, 15) is 19.5 Å². The van der Waals surface area contributed by atoms with Gasteiger partial charge in [-0.25, -0.2) is 0 Å². The number of ether oxygens (including phenoxy) is 2. The van der Waals surface area contributed by atoms with E-state index in [0.717, 1.165) is 30.2 Å². The van der Waals surface area contributed by atoms with Crippen LogP contribution < -0.4 is 19.4 Å². The van der Waals surface area contributed by atoms with Gasteiger partial charge in [-0.1, -0.05) is 31.2 Å². The number of anilines is 3. The van der Waals surface area contributed by atoms with Crippen molar-refractivity contribution in [1.29, 1.82) is 0 Å². The Bertz CT molecular complexity index is 1570. The van der Waals surface area contributed by atoms with Gasteiger partial charge in [0.1, 0.15) is 17.4 Å². The van der Waals surface area contributed by atoms with Gasteiger partial charge in [0.25, 0.3) is 5.91 Å². The van der Waals surface area contributed by atoms with E-state index in [-0.39, 0.29) is 24.3 Å². The molecule has 10 heteroatoms. The Hall–Kier alpha value is -4.15. The summed E-state index contributed by atoms with van der Waals surface area (Å²) in [4.78, 5) is 51.9. The molecule has 4 aliphatic heterocycles. The maximum Gasteiger partial charge on any atom is 0.253 e. The maximum atomic E-state index is 14.9. The van der Waals surface area contributed by atoms with Crippen LogP contribution in [0.5, 0.6) is 5.75 Å². The number of benzene rings is 2. The monoisotopic (exact) mass is 670 g/mol. The van der Waals surface area contributed by atoms with Crippen molar-refractivity contribution < 1.29 is 29.0 Å². The van der Waals surface area contributed by atoms with Crippen LogP contribution in [0.15, 0.2) is 72.8 Å². The lowest BCUT2D eigenvalue weighted by Gasteiger charge is -2.38. The molecule has 2 aromatic carbocycles. The summed E-state index contributed by atoms with van der Waals surface area (Å²) in [5.41, 5.74) is 0.138. The summed E-state index contributed by atoms with van der Waals surface area (Å²) >= 11 is 0. The Kier molecular flexibility index (Phi) is 10.2. The highest BCUT2D eigenvalue weighted by Crippen LogP contribution is 2.59. The summed E-state index contributed by atoms with van der Waals surface area (Å²) in [5.74, 6) is -1.66. The molecule has 0 saturated carbocycles. The third kappa shape index (κ3) is 5.93. The smallest absolute Gasteiger partial charge is 0.253 e. The van der Waals surface area contributed by atoms with Crippen molar-refractivity contribution in [3.63, 3.8) is 0 Å². The molecular formula is C39H50N4O6. The summed E-state index contributed by atoms with van der Waals surface area (Å²) in [7, 11) is 0. The summed E-state index contributed by atoms with van der Waals surface area (Å²) < 4.78 is 12.8. The molecule has 2 aromatic rings. The third-order valence-corrected chi connectivity index (χ3v) is 10.7. The number of amides is 3. The zero-order chi connectivity index (χ0) is 34.8. The molecule has 262 valence electrons. The minimum atomic E-state index is -1.33. The summed E-state index contributed by atoms with van der Waals surface area (Å²) in [6.45, 7) is 11.5. The van der Waals surface area contributed by atoms with Crippen LogP contribution in [0.2, 0.25) is 0 Å².